The summed E-state index contributed by atoms with van der Waals surface area (Å²) in [5, 5.41) is 5.74. The Hall–Kier alpha value is -3.91. The predicted octanol–water partition coefficient (Wildman–Crippen LogP) is 4.88. The Bertz CT molecular complexity index is 1180. The minimum atomic E-state index is -0.425. The third kappa shape index (κ3) is 5.12. The van der Waals surface area contributed by atoms with Crippen molar-refractivity contribution in [2.24, 2.45) is 0 Å². The van der Waals surface area contributed by atoms with Crippen molar-refractivity contribution in [1.29, 1.82) is 0 Å². The quantitative estimate of drug-likeness (QED) is 0.487. The van der Waals surface area contributed by atoms with E-state index in [1.165, 1.54) is 34.5 Å². The lowest BCUT2D eigenvalue weighted by molar-refractivity contribution is 0.101. The molecule has 0 aliphatic rings. The summed E-state index contributed by atoms with van der Waals surface area (Å²) < 4.78 is 21.1. The van der Waals surface area contributed by atoms with Gasteiger partial charge in [0, 0.05) is 5.69 Å². The molecule has 2 N–H and O–H groups in total. The number of ether oxygens (including phenoxy) is 4. The number of carbonyl (C=O) groups is 2. The van der Waals surface area contributed by atoms with E-state index in [-0.39, 0.29) is 10.6 Å². The number of rotatable bonds is 8. The van der Waals surface area contributed by atoms with Crippen molar-refractivity contribution in [3.63, 3.8) is 0 Å². The molecule has 0 bridgehead atoms. The molecule has 0 saturated heterocycles. The summed E-state index contributed by atoms with van der Waals surface area (Å²) in [6.45, 7) is 0. The maximum absolute atomic E-state index is 12.8. The van der Waals surface area contributed by atoms with Gasteiger partial charge in [0.05, 0.1) is 50.3 Å². The molecular formula is C24H23ClN2O6. The van der Waals surface area contributed by atoms with Gasteiger partial charge in [0.1, 0.15) is 0 Å². The van der Waals surface area contributed by atoms with Crippen LogP contribution in [0.25, 0.3) is 0 Å². The number of methoxy groups -OCH3 is 4. The zero-order valence-corrected chi connectivity index (χ0v) is 19.3. The van der Waals surface area contributed by atoms with E-state index in [0.29, 0.717) is 39.9 Å². The first-order valence-electron chi connectivity index (χ1n) is 9.77. The highest BCUT2D eigenvalue weighted by molar-refractivity contribution is 6.34. The molecule has 8 nitrogen and oxygen atoms in total. The summed E-state index contributed by atoms with van der Waals surface area (Å²) in [6, 6.07) is 14.7. The van der Waals surface area contributed by atoms with E-state index in [2.05, 4.69) is 10.6 Å². The Morgan fingerprint density at radius 3 is 1.67 bits per heavy atom. The average molecular weight is 471 g/mol. The minimum absolute atomic E-state index is 0.237. The maximum atomic E-state index is 12.8. The Kier molecular flexibility index (Phi) is 7.63. The summed E-state index contributed by atoms with van der Waals surface area (Å²) in [6.07, 6.45) is 0. The summed E-state index contributed by atoms with van der Waals surface area (Å²) in [4.78, 5) is 25.6. The van der Waals surface area contributed by atoms with E-state index in [1.807, 2.05) is 0 Å². The van der Waals surface area contributed by atoms with Gasteiger partial charge in [0.25, 0.3) is 11.8 Å². The van der Waals surface area contributed by atoms with E-state index >= 15 is 0 Å². The van der Waals surface area contributed by atoms with Crippen molar-refractivity contribution in [2.45, 2.75) is 0 Å². The Labute approximate surface area is 196 Å². The van der Waals surface area contributed by atoms with Gasteiger partial charge in [-0.2, -0.15) is 0 Å². The molecule has 0 aliphatic carbocycles. The first-order chi connectivity index (χ1) is 15.9. The van der Waals surface area contributed by atoms with E-state index in [0.717, 1.165) is 0 Å². The molecule has 3 aromatic rings. The van der Waals surface area contributed by atoms with Crippen LogP contribution in [0.1, 0.15) is 20.7 Å². The number of hydrogen-bond donors (Lipinski definition) is 2. The fourth-order valence-corrected chi connectivity index (χ4v) is 3.44. The van der Waals surface area contributed by atoms with Crippen molar-refractivity contribution < 1.29 is 28.5 Å². The van der Waals surface area contributed by atoms with Crippen LogP contribution in [0.4, 0.5) is 11.4 Å². The third-order valence-corrected chi connectivity index (χ3v) is 5.08. The molecule has 0 fully saturated rings. The lowest BCUT2D eigenvalue weighted by Crippen LogP contribution is -2.15. The predicted molar refractivity (Wildman–Crippen MR) is 126 cm³/mol. The standard InChI is InChI=1S/C24H23ClN2O6/c1-30-19-9-5-7-15(21(19)32-3)23(28)26-14-11-12-18(17(25)13-14)27-24(29)16-8-6-10-20(31-2)22(16)33-4/h5-13H,1-4H3,(H,26,28)(H,27,29). The van der Waals surface area contributed by atoms with Crippen LogP contribution >= 0.6 is 11.6 Å². The smallest absolute Gasteiger partial charge is 0.259 e. The van der Waals surface area contributed by atoms with Crippen molar-refractivity contribution in [2.75, 3.05) is 39.1 Å². The highest BCUT2D eigenvalue weighted by Gasteiger charge is 2.19. The largest absolute Gasteiger partial charge is 0.493 e. The van der Waals surface area contributed by atoms with Gasteiger partial charge in [-0.1, -0.05) is 23.7 Å². The van der Waals surface area contributed by atoms with Crippen LogP contribution in [0.15, 0.2) is 54.6 Å². The van der Waals surface area contributed by atoms with Gasteiger partial charge in [-0.15, -0.1) is 0 Å². The molecule has 0 atom stereocenters. The first-order valence-corrected chi connectivity index (χ1v) is 10.2. The van der Waals surface area contributed by atoms with E-state index in [4.69, 9.17) is 30.5 Å². The fraction of sp³-hybridized carbons (Fsp3) is 0.167. The zero-order chi connectivity index (χ0) is 24.0. The zero-order valence-electron chi connectivity index (χ0n) is 18.5. The number of anilines is 2. The topological polar surface area (TPSA) is 95.1 Å². The highest BCUT2D eigenvalue weighted by atomic mass is 35.5. The maximum Gasteiger partial charge on any atom is 0.259 e. The van der Waals surface area contributed by atoms with Crippen molar-refractivity contribution >= 4 is 34.8 Å². The SMILES string of the molecule is COc1cccc(C(=O)Nc2ccc(NC(=O)c3cccc(OC)c3OC)c(Cl)c2)c1OC. The van der Waals surface area contributed by atoms with Crippen LogP contribution in [0, 0.1) is 0 Å². The molecule has 3 aromatic carbocycles. The molecular weight excluding hydrogens is 448 g/mol. The first kappa shape index (κ1) is 23.7. The third-order valence-electron chi connectivity index (χ3n) is 4.77. The van der Waals surface area contributed by atoms with Gasteiger partial charge in [0.15, 0.2) is 23.0 Å². The fourth-order valence-electron chi connectivity index (χ4n) is 3.21. The molecule has 0 aliphatic heterocycles. The monoisotopic (exact) mass is 470 g/mol. The molecule has 3 rings (SSSR count). The molecule has 9 heteroatoms. The molecule has 0 radical (unpaired) electrons. The highest BCUT2D eigenvalue weighted by Crippen LogP contribution is 2.34. The van der Waals surface area contributed by atoms with Crippen LogP contribution < -0.4 is 29.6 Å². The lowest BCUT2D eigenvalue weighted by Gasteiger charge is -2.14. The Morgan fingerprint density at radius 2 is 1.21 bits per heavy atom. The van der Waals surface area contributed by atoms with E-state index in [1.54, 1.807) is 48.5 Å². The second-order valence-electron chi connectivity index (χ2n) is 6.69. The van der Waals surface area contributed by atoms with Crippen LogP contribution in [0.3, 0.4) is 0 Å². The number of hydrogen-bond acceptors (Lipinski definition) is 6. The van der Waals surface area contributed by atoms with E-state index < -0.39 is 11.8 Å². The number of amides is 2. The molecule has 33 heavy (non-hydrogen) atoms. The van der Waals surface area contributed by atoms with Gasteiger partial charge in [-0.05, 0) is 42.5 Å². The second-order valence-corrected chi connectivity index (χ2v) is 7.09. The lowest BCUT2D eigenvalue weighted by atomic mass is 10.1. The van der Waals surface area contributed by atoms with Gasteiger partial charge in [-0.25, -0.2) is 0 Å². The molecule has 0 aromatic heterocycles. The number of benzene rings is 3. The summed E-state index contributed by atoms with van der Waals surface area (Å²) in [7, 11) is 5.90. The Morgan fingerprint density at radius 1 is 0.697 bits per heavy atom. The second kappa shape index (κ2) is 10.6. The van der Waals surface area contributed by atoms with Crippen LogP contribution in [-0.4, -0.2) is 40.3 Å². The average Bonchev–Trinajstić information content (AvgIpc) is 2.84. The van der Waals surface area contributed by atoms with Crippen LogP contribution in [0.2, 0.25) is 5.02 Å². The number of carbonyl (C=O) groups excluding carboxylic acids is 2. The Balaban J connectivity index is 1.79. The molecule has 172 valence electrons. The number of nitrogens with one attached hydrogen (secondary N) is 2. The normalized spacial score (nSPS) is 10.2. The van der Waals surface area contributed by atoms with Crippen LogP contribution in [0.5, 0.6) is 23.0 Å². The van der Waals surface area contributed by atoms with Crippen LogP contribution in [-0.2, 0) is 0 Å². The molecule has 0 unspecified atom stereocenters. The van der Waals surface area contributed by atoms with Gasteiger partial charge >= 0.3 is 0 Å². The molecule has 0 heterocycles. The van der Waals surface area contributed by atoms with Crippen molar-refractivity contribution in [3.05, 3.63) is 70.7 Å². The van der Waals surface area contributed by atoms with Gasteiger partial charge in [0.2, 0.25) is 0 Å². The number of para-hydroxylation sites is 2. The summed E-state index contributed by atoms with van der Waals surface area (Å²) in [5.41, 5.74) is 1.39. The van der Waals surface area contributed by atoms with Gasteiger partial charge in [-0.3, -0.25) is 9.59 Å². The molecule has 0 spiro atoms. The number of halogens is 1. The van der Waals surface area contributed by atoms with Crippen molar-refractivity contribution in [3.8, 4) is 23.0 Å². The molecule has 2 amide bonds. The minimum Gasteiger partial charge on any atom is -0.493 e. The summed E-state index contributed by atoms with van der Waals surface area (Å²) >= 11 is 6.36. The van der Waals surface area contributed by atoms with Crippen molar-refractivity contribution in [1.82, 2.24) is 0 Å². The van der Waals surface area contributed by atoms with E-state index in [9.17, 15) is 9.59 Å². The molecule has 0 saturated carbocycles. The van der Waals surface area contributed by atoms with Gasteiger partial charge < -0.3 is 29.6 Å². The summed E-state index contributed by atoms with van der Waals surface area (Å²) in [5.74, 6) is 0.672.